The largest absolute Gasteiger partial charge is 0.493 e. The topological polar surface area (TPSA) is 94.7 Å². The highest BCUT2D eigenvalue weighted by Crippen LogP contribution is 2.32. The van der Waals surface area contributed by atoms with Gasteiger partial charge in [0.2, 0.25) is 5.89 Å². The standard InChI is InChI=1S/C16H18N2O5S/c1-9(2)22-12-6-5-11(7-13(12)21-4)8-14(15(19)20)24-16-18-17-10(3)23-16/h5-9H,1-4H3,(H,19,20)/b14-8+. The van der Waals surface area contributed by atoms with Crippen molar-refractivity contribution in [3.63, 3.8) is 0 Å². The first-order chi connectivity index (χ1) is 11.4. The second-order valence-electron chi connectivity index (χ2n) is 5.08. The molecule has 0 bridgehead atoms. The minimum absolute atomic E-state index is 0.00574. The minimum atomic E-state index is -1.09. The first kappa shape index (κ1) is 17.9. The Morgan fingerprint density at radius 3 is 2.62 bits per heavy atom. The van der Waals surface area contributed by atoms with Crippen molar-refractivity contribution in [2.75, 3.05) is 7.11 Å². The Morgan fingerprint density at radius 1 is 1.33 bits per heavy atom. The third-order valence-corrected chi connectivity index (χ3v) is 3.62. The summed E-state index contributed by atoms with van der Waals surface area (Å²) in [7, 11) is 1.53. The second-order valence-corrected chi connectivity index (χ2v) is 6.07. The van der Waals surface area contributed by atoms with Gasteiger partial charge in [0.1, 0.15) is 4.91 Å². The average Bonchev–Trinajstić information content (AvgIpc) is 2.92. The van der Waals surface area contributed by atoms with Gasteiger partial charge in [-0.1, -0.05) is 6.07 Å². The Kier molecular flexibility index (Phi) is 5.86. The van der Waals surface area contributed by atoms with E-state index < -0.39 is 5.97 Å². The molecule has 0 saturated carbocycles. The van der Waals surface area contributed by atoms with Crippen LogP contribution in [0.1, 0.15) is 25.3 Å². The van der Waals surface area contributed by atoms with E-state index in [1.807, 2.05) is 13.8 Å². The molecule has 1 aromatic carbocycles. The number of hydrogen-bond acceptors (Lipinski definition) is 7. The number of hydrogen-bond donors (Lipinski definition) is 1. The van der Waals surface area contributed by atoms with Crippen LogP contribution in [-0.4, -0.2) is 34.5 Å². The summed E-state index contributed by atoms with van der Waals surface area (Å²) in [6.07, 6.45) is 1.51. The summed E-state index contributed by atoms with van der Waals surface area (Å²) in [6.45, 7) is 5.47. The Balaban J connectivity index is 2.29. The minimum Gasteiger partial charge on any atom is -0.493 e. The van der Waals surface area contributed by atoms with Crippen molar-refractivity contribution in [1.29, 1.82) is 0 Å². The number of carboxylic acids is 1. The maximum absolute atomic E-state index is 11.4. The van der Waals surface area contributed by atoms with E-state index in [9.17, 15) is 9.90 Å². The number of methoxy groups -OCH3 is 1. The molecule has 128 valence electrons. The maximum Gasteiger partial charge on any atom is 0.342 e. The van der Waals surface area contributed by atoms with E-state index in [2.05, 4.69) is 10.2 Å². The molecule has 0 aliphatic heterocycles. The average molecular weight is 350 g/mol. The van der Waals surface area contributed by atoms with Crippen molar-refractivity contribution in [2.24, 2.45) is 0 Å². The number of aryl methyl sites for hydroxylation is 1. The Morgan fingerprint density at radius 2 is 2.08 bits per heavy atom. The molecule has 0 aliphatic rings. The van der Waals surface area contributed by atoms with Crippen LogP contribution < -0.4 is 9.47 Å². The van der Waals surface area contributed by atoms with Crippen LogP contribution in [0.3, 0.4) is 0 Å². The molecule has 2 rings (SSSR count). The lowest BCUT2D eigenvalue weighted by Crippen LogP contribution is -2.06. The molecule has 1 N–H and O–H groups in total. The summed E-state index contributed by atoms with van der Waals surface area (Å²) < 4.78 is 16.1. The van der Waals surface area contributed by atoms with Crippen LogP contribution in [-0.2, 0) is 4.79 Å². The SMILES string of the molecule is COc1cc(/C=C(/Sc2nnc(C)o2)C(=O)O)ccc1OC(C)C. The van der Waals surface area contributed by atoms with Gasteiger partial charge >= 0.3 is 5.97 Å². The molecule has 0 fully saturated rings. The zero-order chi connectivity index (χ0) is 17.7. The number of aromatic nitrogens is 2. The Labute approximate surface area is 143 Å². The predicted octanol–water partition coefficient (Wildman–Crippen LogP) is 3.39. The third-order valence-electron chi connectivity index (χ3n) is 2.76. The summed E-state index contributed by atoms with van der Waals surface area (Å²) in [5.74, 6) is 0.416. The van der Waals surface area contributed by atoms with Crippen LogP contribution in [0.5, 0.6) is 11.5 Å². The molecule has 1 heterocycles. The second kappa shape index (κ2) is 7.87. The molecule has 24 heavy (non-hydrogen) atoms. The van der Waals surface area contributed by atoms with Crippen molar-refractivity contribution in [1.82, 2.24) is 10.2 Å². The van der Waals surface area contributed by atoms with Crippen molar-refractivity contribution >= 4 is 23.8 Å². The fourth-order valence-corrected chi connectivity index (χ4v) is 2.54. The lowest BCUT2D eigenvalue weighted by Gasteiger charge is -2.13. The molecule has 1 aromatic heterocycles. The van der Waals surface area contributed by atoms with Crippen LogP contribution in [0, 0.1) is 6.92 Å². The number of thioether (sulfide) groups is 1. The van der Waals surface area contributed by atoms with E-state index in [0.29, 0.717) is 23.0 Å². The van der Waals surface area contributed by atoms with Crippen LogP contribution >= 0.6 is 11.8 Å². The first-order valence-corrected chi connectivity index (χ1v) is 7.98. The fraction of sp³-hybridized carbons (Fsp3) is 0.312. The zero-order valence-electron chi connectivity index (χ0n) is 13.8. The molecule has 0 unspecified atom stereocenters. The monoisotopic (exact) mass is 350 g/mol. The van der Waals surface area contributed by atoms with Gasteiger partial charge in [-0.25, -0.2) is 4.79 Å². The van der Waals surface area contributed by atoms with Crippen molar-refractivity contribution in [3.8, 4) is 11.5 Å². The summed E-state index contributed by atoms with van der Waals surface area (Å²) in [6, 6.07) is 5.20. The van der Waals surface area contributed by atoms with Gasteiger partial charge in [0, 0.05) is 6.92 Å². The van der Waals surface area contributed by atoms with Crippen molar-refractivity contribution in [2.45, 2.75) is 32.1 Å². The molecular weight excluding hydrogens is 332 g/mol. The van der Waals surface area contributed by atoms with Crippen LogP contribution in [0.15, 0.2) is 32.7 Å². The molecule has 0 spiro atoms. The Bertz CT molecular complexity index is 755. The number of rotatable bonds is 7. The van der Waals surface area contributed by atoms with Crippen molar-refractivity contribution < 1.29 is 23.8 Å². The van der Waals surface area contributed by atoms with E-state index >= 15 is 0 Å². The van der Waals surface area contributed by atoms with Crippen LogP contribution in [0.25, 0.3) is 6.08 Å². The van der Waals surface area contributed by atoms with E-state index in [4.69, 9.17) is 13.9 Å². The number of carboxylic acid groups (broad SMARTS) is 1. The van der Waals surface area contributed by atoms with Gasteiger partial charge in [-0.3, -0.25) is 0 Å². The summed E-state index contributed by atoms with van der Waals surface area (Å²) in [4.78, 5) is 11.5. The number of carbonyl (C=O) groups is 1. The molecule has 0 saturated heterocycles. The molecule has 0 radical (unpaired) electrons. The van der Waals surface area contributed by atoms with E-state index in [1.165, 1.54) is 13.2 Å². The molecule has 0 amide bonds. The van der Waals surface area contributed by atoms with Gasteiger partial charge in [0.15, 0.2) is 11.5 Å². The molecule has 0 aliphatic carbocycles. The summed E-state index contributed by atoms with van der Waals surface area (Å²) in [5.41, 5.74) is 0.657. The fourth-order valence-electron chi connectivity index (χ4n) is 1.83. The lowest BCUT2D eigenvalue weighted by atomic mass is 10.2. The third kappa shape index (κ3) is 4.76. The smallest absolute Gasteiger partial charge is 0.342 e. The van der Waals surface area contributed by atoms with Crippen LogP contribution in [0.2, 0.25) is 0 Å². The van der Waals surface area contributed by atoms with E-state index in [-0.39, 0.29) is 16.2 Å². The summed E-state index contributed by atoms with van der Waals surface area (Å²) in [5, 5.41) is 17.0. The van der Waals surface area contributed by atoms with Crippen molar-refractivity contribution in [3.05, 3.63) is 34.6 Å². The van der Waals surface area contributed by atoms with E-state index in [0.717, 1.165) is 11.8 Å². The maximum atomic E-state index is 11.4. The quantitative estimate of drug-likeness (QED) is 0.600. The number of aliphatic carboxylic acids is 1. The molecule has 7 nitrogen and oxygen atoms in total. The highest BCUT2D eigenvalue weighted by molar-refractivity contribution is 8.03. The van der Waals surface area contributed by atoms with Gasteiger partial charge in [0.25, 0.3) is 5.22 Å². The van der Waals surface area contributed by atoms with Gasteiger partial charge in [-0.2, -0.15) is 0 Å². The normalized spacial score (nSPS) is 11.6. The summed E-state index contributed by atoms with van der Waals surface area (Å²) >= 11 is 0.890. The zero-order valence-corrected chi connectivity index (χ0v) is 14.6. The molecule has 0 atom stereocenters. The Hall–Kier alpha value is -2.48. The highest BCUT2D eigenvalue weighted by Gasteiger charge is 2.15. The highest BCUT2D eigenvalue weighted by atomic mass is 32.2. The van der Waals surface area contributed by atoms with Gasteiger partial charge < -0.3 is 19.0 Å². The number of ether oxygens (including phenoxy) is 2. The number of nitrogens with zero attached hydrogens (tertiary/aromatic N) is 2. The molecular formula is C16H18N2O5S. The predicted molar refractivity (Wildman–Crippen MR) is 89.3 cm³/mol. The van der Waals surface area contributed by atoms with Gasteiger partial charge in [0.05, 0.1) is 13.2 Å². The number of benzene rings is 1. The lowest BCUT2D eigenvalue weighted by molar-refractivity contribution is -0.131. The van der Waals surface area contributed by atoms with Gasteiger partial charge in [-0.05, 0) is 49.4 Å². The first-order valence-electron chi connectivity index (χ1n) is 7.16. The van der Waals surface area contributed by atoms with Crippen LogP contribution in [0.4, 0.5) is 0 Å². The van der Waals surface area contributed by atoms with E-state index in [1.54, 1.807) is 25.1 Å². The molecule has 8 heteroatoms. The van der Waals surface area contributed by atoms with Gasteiger partial charge in [-0.15, -0.1) is 10.2 Å². The molecule has 2 aromatic rings.